The van der Waals surface area contributed by atoms with Crippen LogP contribution in [0.1, 0.15) is 83.4 Å². The maximum Gasteiger partial charge on any atom is 0.220 e. The van der Waals surface area contributed by atoms with E-state index < -0.39 is 0 Å². The molecule has 4 fully saturated rings. The number of hydrogen-bond donors (Lipinski definition) is 1. The smallest absolute Gasteiger partial charge is 0.220 e. The molecule has 180 valence electrons. The third-order valence-corrected chi connectivity index (χ3v) is 11.5. The first-order valence-electron chi connectivity index (χ1n) is 13.1. The number of Topliss-reactive ketones (excluding diaryl/α,β-unsaturated/α-hetero) is 2. The standard InChI is InChI=1S/C28H39NO3S/c1-17(13-25(32)29-16-20-5-4-12-33-20)21-6-7-22-26-23(9-11-28(21,22)3)27(2)10-8-19(30)14-18(27)15-24(26)31/h4-5,12,17-18,21-23,26H,6-11,13-16H2,1-3H3,(H,29,32)/t17-,18+,21-,22+,23+,26+,27+,28-/m1/s1. The van der Waals surface area contributed by atoms with Crippen molar-refractivity contribution in [1.29, 1.82) is 0 Å². The Morgan fingerprint density at radius 2 is 1.91 bits per heavy atom. The van der Waals surface area contributed by atoms with E-state index in [9.17, 15) is 14.4 Å². The van der Waals surface area contributed by atoms with Crippen molar-refractivity contribution in [3.05, 3.63) is 22.4 Å². The minimum atomic E-state index is 0.146. The fourth-order valence-electron chi connectivity index (χ4n) is 8.80. The Morgan fingerprint density at radius 3 is 2.67 bits per heavy atom. The van der Waals surface area contributed by atoms with E-state index in [1.165, 1.54) is 4.88 Å². The minimum absolute atomic E-state index is 0.146. The zero-order valence-corrected chi connectivity index (χ0v) is 21.2. The fourth-order valence-corrected chi connectivity index (χ4v) is 9.45. The summed E-state index contributed by atoms with van der Waals surface area (Å²) >= 11 is 1.68. The van der Waals surface area contributed by atoms with E-state index in [2.05, 4.69) is 32.2 Å². The van der Waals surface area contributed by atoms with Crippen molar-refractivity contribution >= 4 is 28.8 Å². The lowest BCUT2D eigenvalue weighted by atomic mass is 9.44. The van der Waals surface area contributed by atoms with Crippen LogP contribution in [-0.4, -0.2) is 17.5 Å². The molecule has 4 saturated carbocycles. The minimum Gasteiger partial charge on any atom is -0.351 e. The zero-order chi connectivity index (χ0) is 23.4. The average molecular weight is 470 g/mol. The van der Waals surface area contributed by atoms with E-state index in [1.807, 2.05) is 11.4 Å². The maximum atomic E-state index is 13.5. The lowest BCUT2D eigenvalue weighted by molar-refractivity contribution is -0.159. The number of ketones is 2. The number of thiophene rings is 1. The van der Waals surface area contributed by atoms with Gasteiger partial charge in [-0.2, -0.15) is 0 Å². The van der Waals surface area contributed by atoms with Gasteiger partial charge in [0.05, 0.1) is 6.54 Å². The molecule has 0 unspecified atom stereocenters. The Labute approximate surface area is 202 Å². The van der Waals surface area contributed by atoms with Gasteiger partial charge in [-0.1, -0.05) is 26.8 Å². The highest BCUT2D eigenvalue weighted by molar-refractivity contribution is 7.09. The summed E-state index contributed by atoms with van der Waals surface area (Å²) in [6, 6.07) is 4.08. The Balaban J connectivity index is 1.28. The van der Waals surface area contributed by atoms with Gasteiger partial charge in [0.1, 0.15) is 11.6 Å². The number of carbonyl (C=O) groups excluding carboxylic acids is 3. The lowest BCUT2D eigenvalue weighted by Crippen LogP contribution is -2.57. The third kappa shape index (κ3) is 3.92. The quantitative estimate of drug-likeness (QED) is 0.593. The predicted molar refractivity (Wildman–Crippen MR) is 131 cm³/mol. The van der Waals surface area contributed by atoms with Crippen molar-refractivity contribution in [3.8, 4) is 0 Å². The van der Waals surface area contributed by atoms with Crippen LogP contribution >= 0.6 is 11.3 Å². The topological polar surface area (TPSA) is 63.2 Å². The van der Waals surface area contributed by atoms with E-state index in [-0.39, 0.29) is 28.6 Å². The highest BCUT2D eigenvalue weighted by atomic mass is 32.1. The van der Waals surface area contributed by atoms with Crippen LogP contribution < -0.4 is 5.32 Å². The SMILES string of the molecule is C[C@H](CC(=O)NCc1cccs1)[C@H]1CC[C@H]2[C@@H]3C(=O)C[C@@H]4CC(=O)CC[C@]4(C)[C@H]3CC[C@]12C. The molecule has 0 bridgehead atoms. The molecule has 1 heterocycles. The van der Waals surface area contributed by atoms with Crippen LogP contribution in [0.5, 0.6) is 0 Å². The van der Waals surface area contributed by atoms with Gasteiger partial charge in [0, 0.05) is 36.5 Å². The molecule has 0 saturated heterocycles. The molecule has 0 spiro atoms. The Kier molecular flexibility index (Phi) is 6.08. The Bertz CT molecular complexity index is 926. The van der Waals surface area contributed by atoms with E-state index in [4.69, 9.17) is 0 Å². The molecule has 1 aromatic heterocycles. The van der Waals surface area contributed by atoms with Gasteiger partial charge in [-0.05, 0) is 84.0 Å². The highest BCUT2D eigenvalue weighted by Crippen LogP contribution is 2.67. The number of nitrogens with one attached hydrogen (secondary N) is 1. The lowest BCUT2D eigenvalue weighted by Gasteiger charge is -2.59. The van der Waals surface area contributed by atoms with Gasteiger partial charge in [0.2, 0.25) is 5.91 Å². The maximum absolute atomic E-state index is 13.5. The summed E-state index contributed by atoms with van der Waals surface area (Å²) in [5.41, 5.74) is 0.303. The summed E-state index contributed by atoms with van der Waals surface area (Å²) in [6.07, 6.45) is 8.00. The largest absolute Gasteiger partial charge is 0.351 e. The van der Waals surface area contributed by atoms with Crippen LogP contribution in [0.4, 0.5) is 0 Å². The molecule has 0 aromatic carbocycles. The number of rotatable bonds is 5. The van der Waals surface area contributed by atoms with Gasteiger partial charge >= 0.3 is 0 Å². The average Bonchev–Trinajstić information content (AvgIpc) is 3.41. The number of amides is 1. The molecule has 5 heteroatoms. The number of hydrogen-bond acceptors (Lipinski definition) is 4. The number of fused-ring (bicyclic) bond motifs is 5. The molecule has 5 rings (SSSR count). The fraction of sp³-hybridized carbons (Fsp3) is 0.750. The molecule has 4 nitrogen and oxygen atoms in total. The van der Waals surface area contributed by atoms with E-state index in [0.29, 0.717) is 67.5 Å². The van der Waals surface area contributed by atoms with Gasteiger partial charge in [-0.15, -0.1) is 11.3 Å². The van der Waals surface area contributed by atoms with Crippen LogP contribution in [0.25, 0.3) is 0 Å². The Hall–Kier alpha value is -1.49. The van der Waals surface area contributed by atoms with Gasteiger partial charge < -0.3 is 5.32 Å². The van der Waals surface area contributed by atoms with Crippen molar-refractivity contribution in [2.75, 3.05) is 0 Å². The summed E-state index contributed by atoms with van der Waals surface area (Å²) < 4.78 is 0. The summed E-state index contributed by atoms with van der Waals surface area (Å²) in [7, 11) is 0. The van der Waals surface area contributed by atoms with E-state index >= 15 is 0 Å². The molecule has 8 atom stereocenters. The molecule has 4 aliphatic rings. The van der Waals surface area contributed by atoms with Crippen LogP contribution in [0.15, 0.2) is 17.5 Å². The summed E-state index contributed by atoms with van der Waals surface area (Å²) in [5, 5.41) is 5.15. The van der Waals surface area contributed by atoms with Crippen LogP contribution in [-0.2, 0) is 20.9 Å². The first-order chi connectivity index (χ1) is 15.7. The first-order valence-corrected chi connectivity index (χ1v) is 13.9. The second kappa shape index (κ2) is 8.62. The van der Waals surface area contributed by atoms with Gasteiger partial charge in [-0.25, -0.2) is 0 Å². The summed E-state index contributed by atoms with van der Waals surface area (Å²) in [6.45, 7) is 7.69. The first kappa shape index (κ1) is 23.3. The van der Waals surface area contributed by atoms with Crippen LogP contribution in [0.2, 0.25) is 0 Å². The van der Waals surface area contributed by atoms with Gasteiger partial charge in [0.25, 0.3) is 0 Å². The second-order valence-electron chi connectivity index (χ2n) is 12.1. The molecular formula is C28H39NO3S. The normalized spacial score (nSPS) is 41.1. The van der Waals surface area contributed by atoms with Gasteiger partial charge in [0.15, 0.2) is 0 Å². The zero-order valence-electron chi connectivity index (χ0n) is 20.4. The summed E-state index contributed by atoms with van der Waals surface area (Å²) in [5.74, 6) is 3.09. The number of carbonyl (C=O) groups is 3. The second-order valence-corrected chi connectivity index (χ2v) is 13.2. The van der Waals surface area contributed by atoms with Crippen LogP contribution in [0.3, 0.4) is 0 Å². The molecule has 1 aromatic rings. The van der Waals surface area contributed by atoms with Crippen molar-refractivity contribution < 1.29 is 14.4 Å². The van der Waals surface area contributed by atoms with Crippen molar-refractivity contribution in [2.24, 2.45) is 46.3 Å². The van der Waals surface area contributed by atoms with Crippen molar-refractivity contribution in [3.63, 3.8) is 0 Å². The van der Waals surface area contributed by atoms with E-state index in [1.54, 1.807) is 11.3 Å². The van der Waals surface area contributed by atoms with Crippen molar-refractivity contribution in [2.45, 2.75) is 85.1 Å². The monoisotopic (exact) mass is 469 g/mol. The predicted octanol–water partition coefficient (Wildman–Crippen LogP) is 5.80. The van der Waals surface area contributed by atoms with Crippen molar-refractivity contribution in [1.82, 2.24) is 5.32 Å². The molecule has 1 amide bonds. The van der Waals surface area contributed by atoms with E-state index in [0.717, 1.165) is 32.1 Å². The third-order valence-electron chi connectivity index (χ3n) is 10.6. The molecule has 0 aliphatic heterocycles. The summed E-state index contributed by atoms with van der Waals surface area (Å²) in [4.78, 5) is 39.5. The Morgan fingerprint density at radius 1 is 1.12 bits per heavy atom. The highest BCUT2D eigenvalue weighted by Gasteiger charge is 2.63. The van der Waals surface area contributed by atoms with Gasteiger partial charge in [-0.3, -0.25) is 14.4 Å². The molecular weight excluding hydrogens is 430 g/mol. The van der Waals surface area contributed by atoms with Crippen LogP contribution in [0, 0.1) is 46.3 Å². The molecule has 1 N–H and O–H groups in total. The molecule has 33 heavy (non-hydrogen) atoms. The molecule has 0 radical (unpaired) electrons. The molecule has 4 aliphatic carbocycles.